The van der Waals surface area contributed by atoms with E-state index in [0.717, 1.165) is 12.8 Å². The molecule has 0 bridgehead atoms. The zero-order valence-corrected chi connectivity index (χ0v) is 8.31. The Morgan fingerprint density at radius 2 is 2.00 bits per heavy atom. The van der Waals surface area contributed by atoms with Crippen LogP contribution in [0.1, 0.15) is 36.5 Å². The zero-order valence-electron chi connectivity index (χ0n) is 7.49. The van der Waals surface area contributed by atoms with Crippen molar-refractivity contribution in [2.24, 2.45) is 5.73 Å². The third-order valence-electron chi connectivity index (χ3n) is 2.02. The highest BCUT2D eigenvalue weighted by Crippen LogP contribution is 2.39. The Kier molecular flexibility index (Phi) is 3.25. The molecule has 86 valence electrons. The summed E-state index contributed by atoms with van der Waals surface area (Å²) in [5, 5.41) is 3.45. The van der Waals surface area contributed by atoms with E-state index in [-0.39, 0.29) is 18.3 Å². The van der Waals surface area contributed by atoms with Crippen LogP contribution in [0.5, 0.6) is 0 Å². The highest BCUT2D eigenvalue weighted by Gasteiger charge is 2.42. The Balaban J connectivity index is 0.00000112. The SMILES string of the molecule is Cl.NC(c1nc(C2CC2)no1)C(F)(F)F. The number of hydrogen-bond donors (Lipinski definition) is 1. The minimum absolute atomic E-state index is 0. The van der Waals surface area contributed by atoms with Gasteiger partial charge in [-0.05, 0) is 12.8 Å². The second-order valence-corrected chi connectivity index (χ2v) is 3.28. The van der Waals surface area contributed by atoms with Gasteiger partial charge >= 0.3 is 6.18 Å². The zero-order chi connectivity index (χ0) is 10.3. The number of alkyl halides is 3. The van der Waals surface area contributed by atoms with Crippen LogP contribution in [0.2, 0.25) is 0 Å². The second-order valence-electron chi connectivity index (χ2n) is 3.28. The van der Waals surface area contributed by atoms with Gasteiger partial charge in [0.15, 0.2) is 11.9 Å². The molecular formula is C7H9ClF3N3O. The van der Waals surface area contributed by atoms with Crippen molar-refractivity contribution in [2.45, 2.75) is 31.0 Å². The second kappa shape index (κ2) is 3.97. The number of hydrogen-bond acceptors (Lipinski definition) is 4. The molecule has 1 atom stereocenters. The molecule has 2 N–H and O–H groups in total. The molecule has 8 heteroatoms. The number of nitrogens with zero attached hydrogens (tertiary/aromatic N) is 2. The lowest BCUT2D eigenvalue weighted by molar-refractivity contribution is -0.154. The molecule has 0 spiro atoms. The van der Waals surface area contributed by atoms with Crippen molar-refractivity contribution in [3.05, 3.63) is 11.7 Å². The minimum Gasteiger partial charge on any atom is -0.337 e. The highest BCUT2D eigenvalue weighted by atomic mass is 35.5. The number of rotatable bonds is 2. The molecule has 1 aliphatic rings. The Labute approximate surface area is 89.4 Å². The van der Waals surface area contributed by atoms with Gasteiger partial charge in [0.1, 0.15) is 0 Å². The third kappa shape index (κ3) is 2.60. The third-order valence-corrected chi connectivity index (χ3v) is 2.02. The van der Waals surface area contributed by atoms with Crippen LogP contribution in [0.25, 0.3) is 0 Å². The van der Waals surface area contributed by atoms with Gasteiger partial charge < -0.3 is 10.3 Å². The lowest BCUT2D eigenvalue weighted by Crippen LogP contribution is -2.28. The van der Waals surface area contributed by atoms with Gasteiger partial charge in [0, 0.05) is 5.92 Å². The molecule has 0 aromatic carbocycles. The standard InChI is InChI=1S/C7H8F3N3O.ClH/c8-7(9,10)4(11)6-12-5(13-14-6)3-1-2-3;/h3-4H,1-2,11H2;1H. The fraction of sp³-hybridized carbons (Fsp3) is 0.714. The molecule has 1 aromatic heterocycles. The average molecular weight is 244 g/mol. The number of halogens is 4. The van der Waals surface area contributed by atoms with Gasteiger partial charge in [-0.3, -0.25) is 0 Å². The van der Waals surface area contributed by atoms with Crippen molar-refractivity contribution < 1.29 is 17.7 Å². The summed E-state index contributed by atoms with van der Waals surface area (Å²) in [5.41, 5.74) is 4.88. The van der Waals surface area contributed by atoms with Gasteiger partial charge in [-0.15, -0.1) is 12.4 Å². The van der Waals surface area contributed by atoms with Crippen LogP contribution in [0.3, 0.4) is 0 Å². The van der Waals surface area contributed by atoms with Gasteiger partial charge in [-0.1, -0.05) is 5.16 Å². The summed E-state index contributed by atoms with van der Waals surface area (Å²) in [6, 6.07) is -2.18. The van der Waals surface area contributed by atoms with Gasteiger partial charge in [0.25, 0.3) is 5.89 Å². The molecule has 1 saturated carbocycles. The highest BCUT2D eigenvalue weighted by molar-refractivity contribution is 5.85. The van der Waals surface area contributed by atoms with E-state index in [1.807, 2.05) is 0 Å². The van der Waals surface area contributed by atoms with Crippen LogP contribution in [-0.2, 0) is 0 Å². The quantitative estimate of drug-likeness (QED) is 0.862. The van der Waals surface area contributed by atoms with Crippen LogP contribution in [0.15, 0.2) is 4.52 Å². The van der Waals surface area contributed by atoms with E-state index in [2.05, 4.69) is 14.7 Å². The lowest BCUT2D eigenvalue weighted by atomic mass is 10.3. The van der Waals surface area contributed by atoms with Crippen LogP contribution in [0, 0.1) is 0 Å². The molecule has 4 nitrogen and oxygen atoms in total. The first-order valence-electron chi connectivity index (χ1n) is 4.14. The fourth-order valence-electron chi connectivity index (χ4n) is 1.02. The minimum atomic E-state index is -4.53. The van der Waals surface area contributed by atoms with E-state index in [1.165, 1.54) is 0 Å². The molecule has 1 aromatic rings. The van der Waals surface area contributed by atoms with Gasteiger partial charge in [0.05, 0.1) is 0 Å². The van der Waals surface area contributed by atoms with Gasteiger partial charge in [-0.25, -0.2) is 0 Å². The fourth-order valence-corrected chi connectivity index (χ4v) is 1.02. The molecule has 1 aliphatic carbocycles. The van der Waals surface area contributed by atoms with Gasteiger partial charge in [-0.2, -0.15) is 18.2 Å². The monoisotopic (exact) mass is 243 g/mol. The maximum atomic E-state index is 12.1. The summed E-state index contributed by atoms with van der Waals surface area (Å²) in [5.74, 6) is -0.0629. The summed E-state index contributed by atoms with van der Waals surface area (Å²) in [6.07, 6.45) is -2.73. The van der Waals surface area contributed by atoms with Crippen molar-refractivity contribution in [3.8, 4) is 0 Å². The van der Waals surface area contributed by atoms with Crippen LogP contribution < -0.4 is 5.73 Å². The summed E-state index contributed by atoms with van der Waals surface area (Å²) in [7, 11) is 0. The Morgan fingerprint density at radius 3 is 2.47 bits per heavy atom. The van der Waals surface area contributed by atoms with E-state index in [9.17, 15) is 13.2 Å². The van der Waals surface area contributed by atoms with E-state index >= 15 is 0 Å². The van der Waals surface area contributed by atoms with Crippen LogP contribution in [0.4, 0.5) is 13.2 Å². The first kappa shape index (κ1) is 12.3. The summed E-state index contributed by atoms with van der Waals surface area (Å²) in [6.45, 7) is 0. The maximum absolute atomic E-state index is 12.1. The first-order valence-corrected chi connectivity index (χ1v) is 4.14. The van der Waals surface area contributed by atoms with Crippen molar-refractivity contribution >= 4 is 12.4 Å². The maximum Gasteiger partial charge on any atom is 0.412 e. The van der Waals surface area contributed by atoms with Crippen molar-refractivity contribution in [1.29, 1.82) is 0 Å². The molecule has 0 amide bonds. The lowest BCUT2D eigenvalue weighted by Gasteiger charge is -2.09. The molecule has 1 unspecified atom stereocenters. The molecular weight excluding hydrogens is 235 g/mol. The van der Waals surface area contributed by atoms with Crippen molar-refractivity contribution in [3.63, 3.8) is 0 Å². The predicted molar refractivity (Wildman–Crippen MR) is 46.5 cm³/mol. The normalized spacial score (nSPS) is 18.4. The van der Waals surface area contributed by atoms with E-state index < -0.39 is 18.1 Å². The van der Waals surface area contributed by atoms with Crippen LogP contribution in [-0.4, -0.2) is 16.3 Å². The van der Waals surface area contributed by atoms with Gasteiger partial charge in [0.2, 0.25) is 0 Å². The number of aromatic nitrogens is 2. The smallest absolute Gasteiger partial charge is 0.337 e. The Bertz CT molecular complexity index is 336. The summed E-state index contributed by atoms with van der Waals surface area (Å²) < 4.78 is 40.8. The molecule has 1 heterocycles. The topological polar surface area (TPSA) is 64.9 Å². The number of nitrogens with two attached hydrogens (primary N) is 1. The molecule has 0 aliphatic heterocycles. The Morgan fingerprint density at radius 1 is 1.40 bits per heavy atom. The Hall–Kier alpha value is -0.820. The molecule has 0 saturated heterocycles. The predicted octanol–water partition coefficient (Wildman–Crippen LogP) is 1.93. The van der Waals surface area contributed by atoms with Crippen LogP contribution >= 0.6 is 12.4 Å². The van der Waals surface area contributed by atoms with E-state index in [1.54, 1.807) is 0 Å². The van der Waals surface area contributed by atoms with E-state index in [0.29, 0.717) is 5.82 Å². The molecule has 15 heavy (non-hydrogen) atoms. The van der Waals surface area contributed by atoms with E-state index in [4.69, 9.17) is 5.73 Å². The summed E-state index contributed by atoms with van der Waals surface area (Å²) in [4.78, 5) is 3.62. The van der Waals surface area contributed by atoms with Crippen molar-refractivity contribution in [1.82, 2.24) is 10.1 Å². The first-order chi connectivity index (χ1) is 6.48. The molecule has 1 fully saturated rings. The molecule has 0 radical (unpaired) electrons. The largest absolute Gasteiger partial charge is 0.412 e. The van der Waals surface area contributed by atoms with Crippen molar-refractivity contribution in [2.75, 3.05) is 0 Å². The average Bonchev–Trinajstić information content (AvgIpc) is 2.82. The summed E-state index contributed by atoms with van der Waals surface area (Å²) >= 11 is 0. The molecule has 2 rings (SSSR count).